The number of ether oxygens (including phenoxy) is 2. The molecule has 0 aliphatic carbocycles. The number of carbonyl (C=O) groups is 2. The molecule has 2 aromatic carbocycles. The summed E-state index contributed by atoms with van der Waals surface area (Å²) in [7, 11) is 0. The summed E-state index contributed by atoms with van der Waals surface area (Å²) in [6.07, 6.45) is 0. The highest BCUT2D eigenvalue weighted by molar-refractivity contribution is 7.13. The number of ketones is 1. The first-order valence-corrected chi connectivity index (χ1v) is 9.18. The van der Waals surface area contributed by atoms with Gasteiger partial charge in [-0.3, -0.25) is 9.59 Å². The fourth-order valence-electron chi connectivity index (χ4n) is 2.73. The van der Waals surface area contributed by atoms with Crippen LogP contribution in [-0.2, 0) is 0 Å². The molecular formula is C20H16N2O4S. The zero-order valence-electron chi connectivity index (χ0n) is 14.7. The molecule has 0 atom stereocenters. The van der Waals surface area contributed by atoms with Crippen LogP contribution in [0.4, 0.5) is 5.69 Å². The summed E-state index contributed by atoms with van der Waals surface area (Å²) >= 11 is 1.39. The number of aromatic nitrogens is 1. The third-order valence-corrected chi connectivity index (χ3v) is 5.07. The van der Waals surface area contributed by atoms with E-state index in [4.69, 9.17) is 9.47 Å². The van der Waals surface area contributed by atoms with E-state index in [1.807, 2.05) is 31.2 Å². The van der Waals surface area contributed by atoms with Crippen LogP contribution in [0.1, 0.15) is 33.3 Å². The number of nitrogens with zero attached hydrogens (tertiary/aromatic N) is 1. The van der Waals surface area contributed by atoms with Crippen LogP contribution in [0, 0.1) is 6.92 Å². The van der Waals surface area contributed by atoms with Gasteiger partial charge in [0.15, 0.2) is 17.3 Å². The molecule has 0 saturated carbocycles. The molecule has 4 rings (SSSR count). The molecule has 0 saturated heterocycles. The smallest absolute Gasteiger partial charge is 0.275 e. The van der Waals surface area contributed by atoms with Gasteiger partial charge in [-0.1, -0.05) is 29.8 Å². The lowest BCUT2D eigenvalue weighted by molar-refractivity contribution is 0.101. The van der Waals surface area contributed by atoms with Gasteiger partial charge in [-0.2, -0.15) is 0 Å². The fourth-order valence-corrected chi connectivity index (χ4v) is 3.54. The highest BCUT2D eigenvalue weighted by atomic mass is 32.1. The van der Waals surface area contributed by atoms with E-state index >= 15 is 0 Å². The van der Waals surface area contributed by atoms with Crippen LogP contribution in [0.5, 0.6) is 11.5 Å². The van der Waals surface area contributed by atoms with Gasteiger partial charge < -0.3 is 14.8 Å². The predicted molar refractivity (Wildman–Crippen MR) is 103 cm³/mol. The van der Waals surface area contributed by atoms with E-state index in [2.05, 4.69) is 10.3 Å². The molecule has 0 unspecified atom stereocenters. The lowest BCUT2D eigenvalue weighted by atomic mass is 10.1. The zero-order valence-corrected chi connectivity index (χ0v) is 15.6. The Morgan fingerprint density at radius 1 is 1.11 bits per heavy atom. The summed E-state index contributed by atoms with van der Waals surface area (Å²) in [6, 6.07) is 11.1. The van der Waals surface area contributed by atoms with Crippen molar-refractivity contribution in [2.45, 2.75) is 13.8 Å². The molecule has 1 amide bonds. The SMILES string of the molecule is CC(=O)c1cc2c(cc1NC(=O)c1csc(-c3ccc(C)cc3)n1)OCO2. The summed E-state index contributed by atoms with van der Waals surface area (Å²) in [5, 5.41) is 5.22. The lowest BCUT2D eigenvalue weighted by Gasteiger charge is -2.09. The van der Waals surface area contributed by atoms with E-state index in [-0.39, 0.29) is 18.5 Å². The van der Waals surface area contributed by atoms with Crippen LogP contribution in [0.3, 0.4) is 0 Å². The fraction of sp³-hybridized carbons (Fsp3) is 0.150. The third kappa shape index (κ3) is 3.41. The summed E-state index contributed by atoms with van der Waals surface area (Å²) in [5.74, 6) is 0.427. The molecule has 0 bridgehead atoms. The van der Waals surface area contributed by atoms with Gasteiger partial charge in [0.1, 0.15) is 10.7 Å². The van der Waals surface area contributed by atoms with Gasteiger partial charge in [0.2, 0.25) is 6.79 Å². The molecule has 0 fully saturated rings. The Bertz CT molecular complexity index is 1040. The monoisotopic (exact) mass is 380 g/mol. The van der Waals surface area contributed by atoms with Crippen molar-refractivity contribution in [2.24, 2.45) is 0 Å². The number of nitrogens with one attached hydrogen (secondary N) is 1. The van der Waals surface area contributed by atoms with Crippen molar-refractivity contribution in [2.75, 3.05) is 12.1 Å². The largest absolute Gasteiger partial charge is 0.454 e. The zero-order chi connectivity index (χ0) is 19.0. The van der Waals surface area contributed by atoms with Crippen molar-refractivity contribution in [3.63, 3.8) is 0 Å². The summed E-state index contributed by atoms with van der Waals surface area (Å²) in [4.78, 5) is 29.0. The number of benzene rings is 2. The minimum Gasteiger partial charge on any atom is -0.454 e. The highest BCUT2D eigenvalue weighted by Gasteiger charge is 2.21. The first kappa shape index (κ1) is 17.2. The maximum Gasteiger partial charge on any atom is 0.275 e. The molecule has 0 spiro atoms. The van der Waals surface area contributed by atoms with Gasteiger partial charge in [-0.25, -0.2) is 4.98 Å². The van der Waals surface area contributed by atoms with Gasteiger partial charge in [0, 0.05) is 22.6 Å². The van der Waals surface area contributed by atoms with Crippen molar-refractivity contribution in [3.05, 3.63) is 58.6 Å². The van der Waals surface area contributed by atoms with Crippen LogP contribution in [-0.4, -0.2) is 23.5 Å². The number of carbonyl (C=O) groups excluding carboxylic acids is 2. The number of thiazole rings is 1. The Morgan fingerprint density at radius 3 is 2.52 bits per heavy atom. The summed E-state index contributed by atoms with van der Waals surface area (Å²) in [6.45, 7) is 3.55. The molecule has 6 nitrogen and oxygen atoms in total. The van der Waals surface area contributed by atoms with Crippen LogP contribution in [0.25, 0.3) is 10.6 Å². The molecule has 27 heavy (non-hydrogen) atoms. The van der Waals surface area contributed by atoms with Crippen molar-refractivity contribution < 1.29 is 19.1 Å². The van der Waals surface area contributed by atoms with E-state index in [1.54, 1.807) is 17.5 Å². The van der Waals surface area contributed by atoms with E-state index in [9.17, 15) is 9.59 Å². The molecule has 1 aliphatic heterocycles. The number of anilines is 1. The van der Waals surface area contributed by atoms with Gasteiger partial charge in [-0.05, 0) is 19.9 Å². The highest BCUT2D eigenvalue weighted by Crippen LogP contribution is 2.37. The van der Waals surface area contributed by atoms with Gasteiger partial charge in [0.05, 0.1) is 5.69 Å². The van der Waals surface area contributed by atoms with Crippen LogP contribution in [0.2, 0.25) is 0 Å². The Hall–Kier alpha value is -3.19. The number of amides is 1. The number of rotatable bonds is 4. The number of hydrogen-bond donors (Lipinski definition) is 1. The molecule has 7 heteroatoms. The van der Waals surface area contributed by atoms with E-state index in [1.165, 1.54) is 18.3 Å². The van der Waals surface area contributed by atoms with Crippen LogP contribution in [0.15, 0.2) is 41.8 Å². The Balaban J connectivity index is 1.60. The van der Waals surface area contributed by atoms with Crippen molar-refractivity contribution in [1.29, 1.82) is 0 Å². The van der Waals surface area contributed by atoms with Gasteiger partial charge in [-0.15, -0.1) is 11.3 Å². The number of fused-ring (bicyclic) bond motifs is 1. The minimum absolute atomic E-state index is 0.0933. The Labute approximate surface area is 159 Å². The predicted octanol–water partition coefficient (Wildman–Crippen LogP) is 4.30. The van der Waals surface area contributed by atoms with Crippen LogP contribution < -0.4 is 14.8 Å². The average molecular weight is 380 g/mol. The standard InChI is InChI=1S/C20H16N2O4S/c1-11-3-5-13(6-4-11)20-22-16(9-27-20)19(24)21-15-8-18-17(25-10-26-18)7-14(15)12(2)23/h3-9H,10H2,1-2H3,(H,21,24). The molecular weight excluding hydrogens is 364 g/mol. The van der Waals surface area contributed by atoms with E-state index in [0.29, 0.717) is 28.4 Å². The second kappa shape index (κ2) is 6.85. The topological polar surface area (TPSA) is 77.5 Å². The second-order valence-corrected chi connectivity index (χ2v) is 7.02. The van der Waals surface area contributed by atoms with E-state index < -0.39 is 0 Å². The molecule has 3 aromatic rings. The van der Waals surface area contributed by atoms with Crippen LogP contribution >= 0.6 is 11.3 Å². The summed E-state index contributed by atoms with van der Waals surface area (Å²) < 4.78 is 10.6. The minimum atomic E-state index is -0.383. The second-order valence-electron chi connectivity index (χ2n) is 6.17. The van der Waals surface area contributed by atoms with Gasteiger partial charge in [0.25, 0.3) is 5.91 Å². The lowest BCUT2D eigenvalue weighted by Crippen LogP contribution is -2.14. The van der Waals surface area contributed by atoms with Crippen molar-refractivity contribution in [3.8, 4) is 22.1 Å². The average Bonchev–Trinajstić information content (AvgIpc) is 3.30. The quantitative estimate of drug-likeness (QED) is 0.683. The molecule has 1 N–H and O–H groups in total. The molecule has 0 radical (unpaired) electrons. The first-order chi connectivity index (χ1) is 13.0. The Morgan fingerprint density at radius 2 is 1.81 bits per heavy atom. The number of Topliss-reactive ketones (excluding diaryl/α,β-unsaturated/α-hetero) is 1. The van der Waals surface area contributed by atoms with Crippen molar-refractivity contribution >= 4 is 28.7 Å². The van der Waals surface area contributed by atoms with Gasteiger partial charge >= 0.3 is 0 Å². The molecule has 2 heterocycles. The third-order valence-electron chi connectivity index (χ3n) is 4.18. The maximum atomic E-state index is 12.6. The normalized spacial score (nSPS) is 12.1. The number of aryl methyl sites for hydroxylation is 1. The number of hydrogen-bond acceptors (Lipinski definition) is 6. The van der Waals surface area contributed by atoms with E-state index in [0.717, 1.165) is 16.1 Å². The Kier molecular flexibility index (Phi) is 4.37. The van der Waals surface area contributed by atoms with Crippen molar-refractivity contribution in [1.82, 2.24) is 4.98 Å². The summed E-state index contributed by atoms with van der Waals surface area (Å²) in [5.41, 5.74) is 3.15. The molecule has 1 aliphatic rings. The first-order valence-electron chi connectivity index (χ1n) is 8.30. The molecule has 1 aromatic heterocycles. The maximum absolute atomic E-state index is 12.6. The molecule has 136 valence electrons.